The van der Waals surface area contributed by atoms with E-state index in [9.17, 15) is 17.3 Å². The number of hydrogen-bond acceptors (Lipinski definition) is 1. The van der Waals surface area contributed by atoms with Gasteiger partial charge in [-0.3, -0.25) is 0 Å². The first-order valence-corrected chi connectivity index (χ1v) is 9.60. The van der Waals surface area contributed by atoms with Crippen molar-refractivity contribution in [3.8, 4) is 0 Å². The second-order valence-electron chi connectivity index (χ2n) is 5.22. The van der Waals surface area contributed by atoms with Crippen molar-refractivity contribution in [2.24, 2.45) is 0 Å². The first-order valence-electron chi connectivity index (χ1n) is 9.60. The van der Waals surface area contributed by atoms with Crippen molar-refractivity contribution in [1.29, 1.82) is 0 Å². The van der Waals surface area contributed by atoms with E-state index in [0.717, 1.165) is 11.3 Å². The van der Waals surface area contributed by atoms with Gasteiger partial charge in [-0.25, -0.2) is 0 Å². The molecule has 3 radical (unpaired) electrons. The molecule has 0 bridgehead atoms. The van der Waals surface area contributed by atoms with E-state index in [-0.39, 0.29) is 58.4 Å². The summed E-state index contributed by atoms with van der Waals surface area (Å²) in [6, 6.07) is 25.7. The molecule has 1 N–H and O–H groups in total. The maximum atomic E-state index is 9.75. The van der Waals surface area contributed by atoms with Crippen LogP contribution in [0.4, 0.5) is 23.1 Å². The van der Waals surface area contributed by atoms with Crippen LogP contribution in [0.3, 0.4) is 0 Å². The molecule has 0 atom stereocenters. The van der Waals surface area contributed by atoms with E-state index in [4.69, 9.17) is 43.0 Å². The molecule has 46 heavy (non-hydrogen) atoms. The van der Waals surface area contributed by atoms with Gasteiger partial charge in [-0.1, -0.05) is 71.7 Å². The molecular weight excluding hydrogens is 882 g/mol. The van der Waals surface area contributed by atoms with Crippen LogP contribution < -0.4 is 0 Å². The average Bonchev–Trinajstić information content (AvgIpc) is 3.08. The minimum atomic E-state index is -6.00. The van der Waals surface area contributed by atoms with Crippen molar-refractivity contribution >= 4 is 19.1 Å². The van der Waals surface area contributed by atoms with Gasteiger partial charge < -0.3 is 28.0 Å². The van der Waals surface area contributed by atoms with Gasteiger partial charge >= 0.3 is 156 Å². The third kappa shape index (κ3) is 83.6. The van der Waals surface area contributed by atoms with Crippen molar-refractivity contribution in [3.63, 3.8) is 0 Å². The molecule has 0 fully saturated rings. The maximum Gasteiger partial charge on any atom is 1.00 e. The van der Waals surface area contributed by atoms with Crippen LogP contribution in [0.5, 0.6) is 0 Å². The molecule has 0 amide bonds. The largest absolute Gasteiger partial charge is 1.00 e. The maximum absolute atomic E-state index is 9.75. The molecule has 0 aliphatic carbocycles. The minimum absolute atomic E-state index is 0. The number of pyridine rings is 1. The number of rotatable bonds is 2. The molecule has 18 heteroatoms. The molecule has 0 aliphatic rings. The standard InChI is InChI=1S/C14H11.C6H7N2.8CO.BF4.3Ru/c1-3-7-13(8-4-1)11-12-14-9-5-2-6-10-14;1-5-3-2-4-6(7)8-5;8*1-2;2-1(3,4)5;;;/h1-11H;2-4H,1H3,(H-,7,8);;;;;;;;;;;;/q2*-1;;;;;;;;;-1;3*+1. The number of aromatic nitrogens is 1. The second-order valence-corrected chi connectivity index (χ2v) is 5.22. The molecule has 0 spiro atoms. The Morgan fingerprint density at radius 2 is 0.870 bits per heavy atom. The SMILES string of the molecule is Cc1cccc([NH-])n1.F[B-](F)(F)F.[C-]#[O+].[C-]#[O+].[C-]#[O+].[C-]#[O+].[C-]#[O+].[C-]#[O+].[C-]#[O+].[C-]#[O+].[C-](=Cc1ccccc1)c1ccccc1.[Ru+].[Ru+].[Ru+]. The molecular formula is C28H18BF4N2O8Ru3. The van der Waals surface area contributed by atoms with Crippen LogP contribution in [0.25, 0.3) is 11.8 Å². The van der Waals surface area contributed by atoms with E-state index in [2.05, 4.69) is 76.4 Å². The van der Waals surface area contributed by atoms with Crippen LogP contribution >= 0.6 is 0 Å². The summed E-state index contributed by atoms with van der Waals surface area (Å²) in [5.74, 6) is 0.338. The van der Waals surface area contributed by atoms with E-state index >= 15 is 0 Å². The van der Waals surface area contributed by atoms with Gasteiger partial charge in [0.15, 0.2) is 0 Å². The molecule has 243 valence electrons. The third-order valence-electron chi connectivity index (χ3n) is 2.87. The van der Waals surface area contributed by atoms with Crippen LogP contribution in [-0.2, 0) is 95.7 Å². The number of nitrogens with one attached hydrogen (secondary N) is 1. The summed E-state index contributed by atoms with van der Waals surface area (Å²) in [6.45, 7) is 37.9. The van der Waals surface area contributed by atoms with Crippen LogP contribution in [0.1, 0.15) is 16.8 Å². The number of nitrogens with zero attached hydrogens (tertiary/aromatic N) is 1. The predicted octanol–water partition coefficient (Wildman–Crippen LogP) is 6.62. The second kappa shape index (κ2) is 73.3. The zero-order valence-electron chi connectivity index (χ0n) is 22.9. The van der Waals surface area contributed by atoms with E-state index in [1.807, 2.05) is 73.7 Å². The van der Waals surface area contributed by atoms with Crippen molar-refractivity contribution in [1.82, 2.24) is 4.98 Å². The Morgan fingerprint density at radius 1 is 0.565 bits per heavy atom. The summed E-state index contributed by atoms with van der Waals surface area (Å²) in [4.78, 5) is 3.84. The molecule has 0 saturated heterocycles. The molecule has 1 aromatic heterocycles. The monoisotopic (exact) mass is 903 g/mol. The number of benzene rings is 2. The van der Waals surface area contributed by atoms with E-state index in [0.29, 0.717) is 5.82 Å². The summed E-state index contributed by atoms with van der Waals surface area (Å²) >= 11 is 0. The van der Waals surface area contributed by atoms with Gasteiger partial charge in [-0.05, 0) is 6.92 Å². The zero-order chi connectivity index (χ0) is 36.1. The van der Waals surface area contributed by atoms with E-state index < -0.39 is 7.25 Å². The Kier molecular flexibility index (Phi) is 118. The molecule has 10 nitrogen and oxygen atoms in total. The van der Waals surface area contributed by atoms with Gasteiger partial charge in [0.05, 0.1) is 0 Å². The van der Waals surface area contributed by atoms with E-state index in [1.54, 1.807) is 6.07 Å². The van der Waals surface area contributed by atoms with Gasteiger partial charge in [0.2, 0.25) is 0 Å². The van der Waals surface area contributed by atoms with Crippen LogP contribution in [-0.4, -0.2) is 12.2 Å². The number of halogens is 4. The Bertz CT molecular complexity index is 1060. The van der Waals surface area contributed by atoms with Gasteiger partial charge in [0.1, 0.15) is 0 Å². The zero-order valence-corrected chi connectivity index (χ0v) is 28.2. The van der Waals surface area contributed by atoms with E-state index in [1.165, 1.54) is 5.56 Å². The fraction of sp³-hybridized carbons (Fsp3) is 0.0357. The first kappa shape index (κ1) is 73.9. The molecule has 0 aliphatic heterocycles. The van der Waals surface area contributed by atoms with Gasteiger partial charge in [0, 0.05) is 0 Å². The topological polar surface area (TPSA) is 196 Å². The molecule has 3 rings (SSSR count). The molecule has 0 unspecified atom stereocenters. The van der Waals surface area contributed by atoms with Crippen molar-refractivity contribution in [2.45, 2.75) is 6.92 Å². The predicted molar refractivity (Wildman–Crippen MR) is 134 cm³/mol. The summed E-state index contributed by atoms with van der Waals surface area (Å²) in [6.07, 6.45) is 5.23. The van der Waals surface area contributed by atoms with Crippen molar-refractivity contribution in [3.05, 3.63) is 161 Å². The Labute approximate surface area is 303 Å². The van der Waals surface area contributed by atoms with Gasteiger partial charge in [0.25, 0.3) is 0 Å². The average molecular weight is 900 g/mol. The van der Waals surface area contributed by atoms with Crippen LogP contribution in [0, 0.1) is 66.2 Å². The Morgan fingerprint density at radius 3 is 1.13 bits per heavy atom. The summed E-state index contributed by atoms with van der Waals surface area (Å²) < 4.78 is 99.0. The summed E-state index contributed by atoms with van der Waals surface area (Å²) in [5, 5.41) is 0. The number of hydrogen-bond donors (Lipinski definition) is 0. The Balaban J connectivity index is -0.0000000373. The van der Waals surface area contributed by atoms with Gasteiger partial charge in [-0.2, -0.15) is 0 Å². The fourth-order valence-electron chi connectivity index (χ4n) is 1.79. The van der Waals surface area contributed by atoms with Crippen molar-refractivity contribution < 1.29 is 113 Å². The normalized spacial score (nSPS) is 6.46. The van der Waals surface area contributed by atoms with Crippen LogP contribution in [0.2, 0.25) is 0 Å². The summed E-state index contributed by atoms with van der Waals surface area (Å²) in [7, 11) is -6.00. The number of aryl methyl sites for hydroxylation is 1. The first-order chi connectivity index (χ1) is 20.7. The quantitative estimate of drug-likeness (QED) is 0.0902. The Hall–Kier alpha value is -3.29. The molecule has 1 heterocycles. The smallest absolute Gasteiger partial charge is 0.150 e. The molecule has 2 aromatic carbocycles. The van der Waals surface area contributed by atoms with Crippen molar-refractivity contribution in [2.75, 3.05) is 0 Å². The molecule has 3 aromatic rings. The van der Waals surface area contributed by atoms with Gasteiger partial charge in [-0.15, -0.1) is 42.0 Å². The van der Waals surface area contributed by atoms with Crippen LogP contribution in [0.15, 0.2) is 78.9 Å². The third-order valence-corrected chi connectivity index (χ3v) is 2.87. The summed E-state index contributed by atoms with van der Waals surface area (Å²) in [5.41, 5.74) is 10.2. The minimum Gasteiger partial charge on any atom is -0.150 e. The molecule has 0 saturated carbocycles. The fourth-order valence-corrected chi connectivity index (χ4v) is 1.79.